The topological polar surface area (TPSA) is 66.9 Å². The Morgan fingerprint density at radius 2 is 1.63 bits per heavy atom. The lowest BCUT2D eigenvalue weighted by molar-refractivity contribution is -0.147. The quantitative estimate of drug-likeness (QED) is 0.612. The lowest BCUT2D eigenvalue weighted by atomic mass is 10.1. The van der Waals surface area contributed by atoms with Crippen LogP contribution in [0.25, 0.3) is 0 Å². The highest BCUT2D eigenvalue weighted by atomic mass is 16.6. The van der Waals surface area contributed by atoms with Crippen LogP contribution in [0, 0.1) is 6.92 Å². The minimum atomic E-state index is -0.614. The summed E-state index contributed by atoms with van der Waals surface area (Å²) in [6.07, 6.45) is 0.662. The van der Waals surface area contributed by atoms with Gasteiger partial charge in [-0.25, -0.2) is 14.8 Å². The van der Waals surface area contributed by atoms with Gasteiger partial charge in [-0.2, -0.15) is 0 Å². The van der Waals surface area contributed by atoms with Crippen LogP contribution in [0.4, 0.5) is 4.79 Å². The summed E-state index contributed by atoms with van der Waals surface area (Å²) >= 11 is 0. The first-order valence-electron chi connectivity index (χ1n) is 8.99. The Hall–Kier alpha value is -3.15. The number of benzene rings is 2. The van der Waals surface area contributed by atoms with Crippen molar-refractivity contribution in [2.75, 3.05) is 13.1 Å². The van der Waals surface area contributed by atoms with E-state index in [1.54, 1.807) is 42.5 Å². The monoisotopic (exact) mass is 366 g/mol. The molecular formula is C21H22N2O4. The molecule has 1 heterocycles. The van der Waals surface area contributed by atoms with Gasteiger partial charge in [-0.1, -0.05) is 42.0 Å². The zero-order valence-corrected chi connectivity index (χ0v) is 15.3. The third-order valence-electron chi connectivity index (χ3n) is 4.38. The Morgan fingerprint density at radius 1 is 0.926 bits per heavy atom. The molecule has 0 atom stereocenters. The lowest BCUT2D eigenvalue weighted by Gasteiger charge is -2.37. The number of ether oxygens (including phenoxy) is 1. The fraction of sp³-hybridized carbons (Fsp3) is 0.286. The summed E-state index contributed by atoms with van der Waals surface area (Å²) in [5.41, 5.74) is 1.46. The number of nitrogens with zero attached hydrogens (tertiary/aromatic N) is 2. The number of carbonyl (C=O) groups is 3. The SMILES string of the molecule is Cc1cccc(C(=O)CC(=O)N2CCCCN2C(=O)Oc2ccccc2)c1. The second-order valence-electron chi connectivity index (χ2n) is 6.50. The number of aryl methyl sites for hydroxylation is 1. The van der Waals surface area contributed by atoms with Crippen molar-refractivity contribution in [2.24, 2.45) is 0 Å². The number of hydrogen-bond acceptors (Lipinski definition) is 4. The molecule has 27 heavy (non-hydrogen) atoms. The third-order valence-corrected chi connectivity index (χ3v) is 4.38. The van der Waals surface area contributed by atoms with E-state index in [9.17, 15) is 14.4 Å². The minimum absolute atomic E-state index is 0.259. The summed E-state index contributed by atoms with van der Waals surface area (Å²) in [6.45, 7) is 2.67. The van der Waals surface area contributed by atoms with E-state index in [2.05, 4.69) is 0 Å². The molecule has 0 aromatic heterocycles. The predicted molar refractivity (Wildman–Crippen MR) is 100 cm³/mol. The van der Waals surface area contributed by atoms with Gasteiger partial charge >= 0.3 is 6.09 Å². The highest BCUT2D eigenvalue weighted by Crippen LogP contribution is 2.17. The number of para-hydroxylation sites is 1. The largest absolute Gasteiger partial charge is 0.434 e. The number of hydrazine groups is 1. The Morgan fingerprint density at radius 3 is 2.33 bits per heavy atom. The molecular weight excluding hydrogens is 344 g/mol. The van der Waals surface area contributed by atoms with Crippen molar-refractivity contribution in [3.8, 4) is 5.75 Å². The van der Waals surface area contributed by atoms with E-state index < -0.39 is 12.0 Å². The number of amides is 2. The zero-order valence-electron chi connectivity index (χ0n) is 15.3. The molecule has 0 saturated carbocycles. The van der Waals surface area contributed by atoms with Crippen molar-refractivity contribution in [2.45, 2.75) is 26.2 Å². The van der Waals surface area contributed by atoms with E-state index >= 15 is 0 Å². The lowest BCUT2D eigenvalue weighted by Crippen LogP contribution is -2.54. The Labute approximate surface area is 158 Å². The molecule has 0 bridgehead atoms. The fourth-order valence-electron chi connectivity index (χ4n) is 3.00. The summed E-state index contributed by atoms with van der Waals surface area (Å²) in [5.74, 6) is -0.242. The van der Waals surface area contributed by atoms with Gasteiger partial charge in [0.05, 0.1) is 6.42 Å². The van der Waals surface area contributed by atoms with Crippen molar-refractivity contribution in [1.82, 2.24) is 10.0 Å². The standard InChI is InChI=1S/C21H22N2O4/c1-16-8-7-9-17(14-16)19(24)15-20(25)22-12-5-6-13-23(22)21(26)27-18-10-3-2-4-11-18/h2-4,7-11,14H,5-6,12-13,15H2,1H3. The zero-order chi connectivity index (χ0) is 19.2. The summed E-state index contributed by atoms with van der Waals surface area (Å²) in [7, 11) is 0. The molecule has 0 unspecified atom stereocenters. The second kappa shape index (κ2) is 8.49. The molecule has 2 aromatic rings. The first-order valence-corrected chi connectivity index (χ1v) is 8.99. The third kappa shape index (κ3) is 4.73. The first kappa shape index (κ1) is 18.6. The molecule has 0 aliphatic carbocycles. The van der Waals surface area contributed by atoms with Crippen LogP contribution in [0.3, 0.4) is 0 Å². The molecule has 6 nitrogen and oxygen atoms in total. The molecule has 6 heteroatoms. The number of carbonyl (C=O) groups excluding carboxylic acids is 3. The van der Waals surface area contributed by atoms with Gasteiger partial charge < -0.3 is 4.74 Å². The molecule has 2 amide bonds. The Kier molecular flexibility index (Phi) is 5.86. The van der Waals surface area contributed by atoms with Crippen molar-refractivity contribution in [3.63, 3.8) is 0 Å². The van der Waals surface area contributed by atoms with Gasteiger partial charge in [-0.15, -0.1) is 0 Å². The summed E-state index contributed by atoms with van der Waals surface area (Å²) < 4.78 is 5.35. The van der Waals surface area contributed by atoms with E-state index in [4.69, 9.17) is 4.74 Å². The van der Waals surface area contributed by atoms with E-state index in [0.717, 1.165) is 18.4 Å². The Balaban J connectivity index is 1.68. The Bertz CT molecular complexity index is 835. The van der Waals surface area contributed by atoms with Crippen molar-refractivity contribution >= 4 is 17.8 Å². The van der Waals surface area contributed by atoms with Crippen LogP contribution in [0.2, 0.25) is 0 Å². The number of Topliss-reactive ketones (excluding diaryl/α,β-unsaturated/α-hetero) is 1. The van der Waals surface area contributed by atoms with Crippen LogP contribution in [-0.4, -0.2) is 40.9 Å². The van der Waals surface area contributed by atoms with Gasteiger partial charge in [0.15, 0.2) is 5.78 Å². The average Bonchev–Trinajstić information content (AvgIpc) is 2.68. The molecule has 1 fully saturated rings. The highest BCUT2D eigenvalue weighted by molar-refractivity contribution is 6.07. The molecule has 1 saturated heterocycles. The highest BCUT2D eigenvalue weighted by Gasteiger charge is 2.31. The van der Waals surface area contributed by atoms with Gasteiger partial charge in [0, 0.05) is 18.7 Å². The van der Waals surface area contributed by atoms with E-state index in [0.29, 0.717) is 24.4 Å². The van der Waals surface area contributed by atoms with Gasteiger partial charge in [-0.3, -0.25) is 9.59 Å². The molecule has 0 spiro atoms. The minimum Gasteiger partial charge on any atom is -0.409 e. The molecule has 140 valence electrons. The van der Waals surface area contributed by atoms with Crippen LogP contribution < -0.4 is 4.74 Å². The maximum Gasteiger partial charge on any atom is 0.434 e. The smallest absolute Gasteiger partial charge is 0.409 e. The second-order valence-corrected chi connectivity index (χ2v) is 6.50. The van der Waals surface area contributed by atoms with E-state index in [1.165, 1.54) is 10.0 Å². The van der Waals surface area contributed by atoms with E-state index in [-0.39, 0.29) is 12.2 Å². The van der Waals surface area contributed by atoms with Crippen molar-refractivity contribution in [3.05, 3.63) is 65.7 Å². The molecule has 0 N–H and O–H groups in total. The van der Waals surface area contributed by atoms with Crippen molar-refractivity contribution in [1.29, 1.82) is 0 Å². The summed E-state index contributed by atoms with van der Waals surface area (Å²) in [5, 5.41) is 2.63. The molecule has 3 rings (SSSR count). The molecule has 1 aliphatic rings. The summed E-state index contributed by atoms with van der Waals surface area (Å²) in [4.78, 5) is 37.6. The number of hydrogen-bond donors (Lipinski definition) is 0. The van der Waals surface area contributed by atoms with Gasteiger partial charge in [0.2, 0.25) is 5.91 Å². The van der Waals surface area contributed by atoms with Crippen LogP contribution in [0.1, 0.15) is 35.2 Å². The first-order chi connectivity index (χ1) is 13.0. The maximum atomic E-state index is 12.7. The molecule has 0 radical (unpaired) electrons. The van der Waals surface area contributed by atoms with Gasteiger partial charge in [-0.05, 0) is 38.0 Å². The summed E-state index contributed by atoms with van der Waals surface area (Å²) in [6, 6.07) is 15.8. The van der Waals surface area contributed by atoms with Crippen LogP contribution in [0.15, 0.2) is 54.6 Å². The fourth-order valence-corrected chi connectivity index (χ4v) is 3.00. The number of rotatable bonds is 4. The molecule has 1 aliphatic heterocycles. The number of ketones is 1. The molecule has 2 aromatic carbocycles. The van der Waals surface area contributed by atoms with Crippen LogP contribution in [0.5, 0.6) is 5.75 Å². The maximum absolute atomic E-state index is 12.7. The average molecular weight is 366 g/mol. The van der Waals surface area contributed by atoms with Crippen LogP contribution in [-0.2, 0) is 4.79 Å². The van der Waals surface area contributed by atoms with Crippen LogP contribution >= 0.6 is 0 Å². The normalized spacial score (nSPS) is 14.0. The predicted octanol–water partition coefficient (Wildman–Crippen LogP) is 3.61. The van der Waals surface area contributed by atoms with E-state index in [1.807, 2.05) is 19.1 Å². The van der Waals surface area contributed by atoms with Gasteiger partial charge in [0.1, 0.15) is 5.75 Å². The van der Waals surface area contributed by atoms with Crippen molar-refractivity contribution < 1.29 is 19.1 Å². The van der Waals surface area contributed by atoms with Gasteiger partial charge in [0.25, 0.3) is 0 Å².